The Balaban J connectivity index is 0.00000289. The van der Waals surface area contributed by atoms with Crippen molar-refractivity contribution in [2.75, 3.05) is 33.8 Å². The number of aryl methyl sites for hydroxylation is 1. The van der Waals surface area contributed by atoms with Crippen LogP contribution in [0, 0.1) is 0 Å². The van der Waals surface area contributed by atoms with E-state index in [1.807, 2.05) is 19.2 Å². The second kappa shape index (κ2) is 12.4. The maximum Gasteiger partial charge on any atom is 0.191 e. The van der Waals surface area contributed by atoms with Crippen molar-refractivity contribution >= 4 is 29.9 Å². The molecular formula is C23H36IN7O. The fraction of sp³-hybridized carbons (Fsp3) is 0.609. The Kier molecular flexibility index (Phi) is 9.58. The monoisotopic (exact) mass is 553 g/mol. The average molecular weight is 553 g/mol. The largest absolute Gasteiger partial charge is 0.496 e. The minimum Gasteiger partial charge on any atom is -0.496 e. The van der Waals surface area contributed by atoms with Crippen molar-refractivity contribution in [2.24, 2.45) is 4.99 Å². The molecule has 4 rings (SSSR count). The normalized spacial score (nSPS) is 17.8. The molecule has 0 aliphatic carbocycles. The molecular weight excluding hydrogens is 517 g/mol. The van der Waals surface area contributed by atoms with E-state index >= 15 is 0 Å². The number of aromatic nitrogens is 3. The number of hydrogen-bond donors (Lipinski definition) is 2. The van der Waals surface area contributed by atoms with Gasteiger partial charge in [0.1, 0.15) is 11.6 Å². The van der Waals surface area contributed by atoms with Crippen LogP contribution in [0.4, 0.5) is 0 Å². The van der Waals surface area contributed by atoms with E-state index in [1.165, 1.54) is 37.7 Å². The second-order valence-corrected chi connectivity index (χ2v) is 8.30. The lowest BCUT2D eigenvalue weighted by molar-refractivity contribution is 0.239. The van der Waals surface area contributed by atoms with E-state index in [1.54, 1.807) is 7.11 Å². The third-order valence-corrected chi connectivity index (χ3v) is 6.37. The van der Waals surface area contributed by atoms with Gasteiger partial charge in [-0.25, -0.2) is 0 Å². The van der Waals surface area contributed by atoms with Gasteiger partial charge in [-0.15, -0.1) is 34.2 Å². The number of nitrogens with one attached hydrogen (secondary N) is 2. The van der Waals surface area contributed by atoms with Crippen LogP contribution in [0.25, 0.3) is 0 Å². The van der Waals surface area contributed by atoms with Gasteiger partial charge in [0.05, 0.1) is 19.7 Å². The van der Waals surface area contributed by atoms with Crippen molar-refractivity contribution in [1.82, 2.24) is 30.3 Å². The molecule has 0 saturated carbocycles. The highest BCUT2D eigenvalue weighted by Gasteiger charge is 2.26. The highest BCUT2D eigenvalue weighted by molar-refractivity contribution is 14.0. The number of nitrogens with zero attached hydrogens (tertiary/aromatic N) is 5. The number of guanidine groups is 1. The lowest BCUT2D eigenvalue weighted by atomic mass is 10.0. The Labute approximate surface area is 208 Å². The first-order valence-corrected chi connectivity index (χ1v) is 11.5. The fourth-order valence-corrected chi connectivity index (χ4v) is 4.68. The van der Waals surface area contributed by atoms with E-state index in [9.17, 15) is 0 Å². The molecule has 176 valence electrons. The Hall–Kier alpha value is -1.88. The van der Waals surface area contributed by atoms with E-state index in [0.29, 0.717) is 6.54 Å². The summed E-state index contributed by atoms with van der Waals surface area (Å²) in [6.07, 6.45) is 7.18. The predicted octanol–water partition coefficient (Wildman–Crippen LogP) is 3.13. The van der Waals surface area contributed by atoms with E-state index < -0.39 is 0 Å². The minimum absolute atomic E-state index is 0. The second-order valence-electron chi connectivity index (χ2n) is 8.30. The van der Waals surface area contributed by atoms with Crippen molar-refractivity contribution in [1.29, 1.82) is 0 Å². The molecule has 8 nitrogen and oxygen atoms in total. The summed E-state index contributed by atoms with van der Waals surface area (Å²) >= 11 is 0. The van der Waals surface area contributed by atoms with Gasteiger partial charge in [-0.3, -0.25) is 9.89 Å². The van der Waals surface area contributed by atoms with Gasteiger partial charge in [0.25, 0.3) is 0 Å². The number of para-hydroxylation sites is 1. The number of aliphatic imine (C=N–C) groups is 1. The highest BCUT2D eigenvalue weighted by Crippen LogP contribution is 2.31. The summed E-state index contributed by atoms with van der Waals surface area (Å²) in [5.41, 5.74) is 1.22. The highest BCUT2D eigenvalue weighted by atomic mass is 127. The first kappa shape index (κ1) is 24.8. The molecule has 0 radical (unpaired) electrons. The first-order valence-electron chi connectivity index (χ1n) is 11.5. The van der Waals surface area contributed by atoms with Gasteiger partial charge in [-0.1, -0.05) is 24.6 Å². The van der Waals surface area contributed by atoms with Gasteiger partial charge >= 0.3 is 0 Å². The number of ether oxygens (including phenoxy) is 1. The van der Waals surface area contributed by atoms with E-state index in [2.05, 4.69) is 47.4 Å². The summed E-state index contributed by atoms with van der Waals surface area (Å²) in [5, 5.41) is 15.8. The zero-order valence-electron chi connectivity index (χ0n) is 19.2. The molecule has 0 amide bonds. The van der Waals surface area contributed by atoms with Gasteiger partial charge in [-0.05, 0) is 44.8 Å². The zero-order valence-corrected chi connectivity index (χ0v) is 21.5. The number of rotatable bonds is 7. The van der Waals surface area contributed by atoms with Crippen molar-refractivity contribution in [3.63, 3.8) is 0 Å². The number of fused-ring (bicyclic) bond motifs is 1. The van der Waals surface area contributed by atoms with Crippen LogP contribution >= 0.6 is 24.0 Å². The smallest absolute Gasteiger partial charge is 0.191 e. The summed E-state index contributed by atoms with van der Waals surface area (Å²) < 4.78 is 7.93. The third kappa shape index (κ3) is 5.92. The quantitative estimate of drug-likeness (QED) is 0.312. The lowest BCUT2D eigenvalue weighted by Crippen LogP contribution is -2.42. The molecule has 2 aliphatic heterocycles. The lowest BCUT2D eigenvalue weighted by Gasteiger charge is -2.30. The van der Waals surface area contributed by atoms with Crippen LogP contribution in [0.15, 0.2) is 29.3 Å². The summed E-state index contributed by atoms with van der Waals surface area (Å²) in [6.45, 7) is 4.62. The van der Waals surface area contributed by atoms with Crippen molar-refractivity contribution in [3.05, 3.63) is 41.5 Å². The molecule has 1 aromatic heterocycles. The van der Waals surface area contributed by atoms with E-state index in [4.69, 9.17) is 4.74 Å². The molecule has 1 unspecified atom stereocenters. The number of hydrogen-bond acceptors (Lipinski definition) is 5. The van der Waals surface area contributed by atoms with Gasteiger partial charge in [0.15, 0.2) is 11.8 Å². The number of benzene rings is 1. The molecule has 1 aromatic carbocycles. The summed E-state index contributed by atoms with van der Waals surface area (Å²) in [5.74, 6) is 3.82. The number of likely N-dealkylation sites (tertiary alicyclic amines) is 1. The molecule has 3 heterocycles. The van der Waals surface area contributed by atoms with Crippen molar-refractivity contribution < 1.29 is 4.74 Å². The van der Waals surface area contributed by atoms with Gasteiger partial charge < -0.3 is 19.9 Å². The molecule has 1 saturated heterocycles. The van der Waals surface area contributed by atoms with Crippen LogP contribution in [0.1, 0.15) is 55.4 Å². The molecule has 0 spiro atoms. The van der Waals surface area contributed by atoms with Crippen LogP contribution in [-0.4, -0.2) is 59.4 Å². The minimum atomic E-state index is 0. The topological polar surface area (TPSA) is 79.6 Å². The summed E-state index contributed by atoms with van der Waals surface area (Å²) in [4.78, 5) is 6.98. The van der Waals surface area contributed by atoms with E-state index in [-0.39, 0.29) is 30.0 Å². The first-order chi connectivity index (χ1) is 15.3. The summed E-state index contributed by atoms with van der Waals surface area (Å²) in [6, 6.07) is 8.57. The Morgan fingerprint density at radius 3 is 2.62 bits per heavy atom. The molecule has 1 fully saturated rings. The maximum atomic E-state index is 5.66. The molecule has 0 bridgehead atoms. The molecule has 1 atom stereocenters. The molecule has 9 heteroatoms. The Morgan fingerprint density at radius 1 is 1.06 bits per heavy atom. The van der Waals surface area contributed by atoms with Crippen molar-refractivity contribution in [3.8, 4) is 5.75 Å². The SMILES string of the molecule is CN=C(NCc1nnc2n1CCCCC2)NCC(c1ccccc1OC)N1CCCC1.I. The van der Waals surface area contributed by atoms with Gasteiger partial charge in [0.2, 0.25) is 0 Å². The Bertz CT molecular complexity index is 879. The molecule has 2 aromatic rings. The Morgan fingerprint density at radius 2 is 1.84 bits per heavy atom. The maximum absolute atomic E-state index is 5.66. The zero-order chi connectivity index (χ0) is 21.5. The van der Waals surface area contributed by atoms with Crippen LogP contribution < -0.4 is 15.4 Å². The average Bonchev–Trinajstić information content (AvgIpc) is 3.41. The molecule has 2 aliphatic rings. The standard InChI is InChI=1S/C23H35N7O.HI/c1-24-23(26-17-22-28-27-21-12-4-3-7-15-30(21)22)25-16-19(29-13-8-9-14-29)18-10-5-6-11-20(18)31-2;/h5-6,10-11,19H,3-4,7-9,12-17H2,1-2H3,(H2,24,25,26);1H. The predicted molar refractivity (Wildman–Crippen MR) is 138 cm³/mol. The van der Waals surface area contributed by atoms with Crippen LogP contribution in [-0.2, 0) is 19.5 Å². The van der Waals surface area contributed by atoms with Gasteiger partial charge in [-0.2, -0.15) is 0 Å². The number of halogens is 1. The van der Waals surface area contributed by atoms with E-state index in [0.717, 1.165) is 56.0 Å². The van der Waals surface area contributed by atoms with Crippen LogP contribution in [0.5, 0.6) is 5.75 Å². The number of methoxy groups -OCH3 is 1. The fourth-order valence-electron chi connectivity index (χ4n) is 4.68. The molecule has 2 N–H and O–H groups in total. The third-order valence-electron chi connectivity index (χ3n) is 6.37. The summed E-state index contributed by atoms with van der Waals surface area (Å²) in [7, 11) is 3.56. The molecule has 32 heavy (non-hydrogen) atoms. The van der Waals surface area contributed by atoms with Crippen LogP contribution in [0.3, 0.4) is 0 Å². The van der Waals surface area contributed by atoms with Crippen LogP contribution in [0.2, 0.25) is 0 Å². The van der Waals surface area contributed by atoms with Gasteiger partial charge in [0, 0.05) is 32.1 Å². The van der Waals surface area contributed by atoms with Crippen molar-refractivity contribution in [2.45, 2.75) is 57.7 Å².